The number of phosphoric ester groups is 1. The van der Waals surface area contributed by atoms with Gasteiger partial charge in [0.15, 0.2) is 6.23 Å². The number of hydrogen-bond donors (Lipinski definition) is 5. The monoisotopic (exact) mass is 611 g/mol. The summed E-state index contributed by atoms with van der Waals surface area (Å²) in [5, 5.41) is 20.5. The zero-order valence-electron chi connectivity index (χ0n) is 23.4. The van der Waals surface area contributed by atoms with Crippen molar-refractivity contribution < 1.29 is 42.7 Å². The summed E-state index contributed by atoms with van der Waals surface area (Å²) >= 11 is 0. The number of rotatable bonds is 21. The Hall–Kier alpha value is -1.14. The molecule has 0 amide bonds. The van der Waals surface area contributed by atoms with Gasteiger partial charge in [-0.1, -0.05) is 90.4 Å². The third-order valence-electron chi connectivity index (χ3n) is 6.89. The summed E-state index contributed by atoms with van der Waals surface area (Å²) < 4.78 is 40.2. The first-order valence-corrected chi connectivity index (χ1v) is 17.6. The molecule has 0 aliphatic carbocycles. The molecule has 232 valence electrons. The van der Waals surface area contributed by atoms with E-state index < -0.39 is 52.3 Å². The predicted molar refractivity (Wildman–Crippen MR) is 151 cm³/mol. The van der Waals surface area contributed by atoms with E-state index in [-0.39, 0.29) is 12.0 Å². The van der Waals surface area contributed by atoms with Crippen LogP contribution in [0.5, 0.6) is 0 Å². The van der Waals surface area contributed by atoms with Gasteiger partial charge in [0.05, 0.1) is 12.8 Å². The molecule has 13 nitrogen and oxygen atoms in total. The second kappa shape index (κ2) is 17.7. The maximum atomic E-state index is 12.3. The Kier molecular flexibility index (Phi) is 15.5. The Morgan fingerprint density at radius 1 is 0.925 bits per heavy atom. The first kappa shape index (κ1) is 35.1. The predicted octanol–water partition coefficient (Wildman–Crippen LogP) is 4.25. The number of aliphatic hydroxyl groups excluding tert-OH is 2. The van der Waals surface area contributed by atoms with E-state index in [0.717, 1.165) is 23.8 Å². The van der Waals surface area contributed by atoms with Gasteiger partial charge in [-0.05, 0) is 12.5 Å². The Morgan fingerprint density at radius 3 is 1.98 bits per heavy atom. The number of hydrogen-bond acceptors (Lipinski definition) is 10. The number of aliphatic hydroxyl groups is 2. The van der Waals surface area contributed by atoms with E-state index in [1.165, 1.54) is 70.1 Å². The Bertz CT molecular complexity index is 1030. The molecule has 15 heteroatoms. The normalized spacial score (nSPS) is 24.1. The molecule has 0 radical (unpaired) electrons. The van der Waals surface area contributed by atoms with Gasteiger partial charge in [-0.15, -0.1) is 0 Å². The van der Waals surface area contributed by atoms with Gasteiger partial charge < -0.3 is 30.5 Å². The fourth-order valence-corrected chi connectivity index (χ4v) is 7.38. The first-order chi connectivity index (χ1) is 19.0. The molecule has 2 heterocycles. The van der Waals surface area contributed by atoms with E-state index in [4.69, 9.17) is 15.0 Å². The van der Waals surface area contributed by atoms with Gasteiger partial charge in [-0.3, -0.25) is 13.7 Å². The van der Waals surface area contributed by atoms with Gasteiger partial charge in [0.1, 0.15) is 24.1 Å². The van der Waals surface area contributed by atoms with E-state index in [9.17, 15) is 33.9 Å². The van der Waals surface area contributed by atoms with Crippen molar-refractivity contribution in [1.29, 1.82) is 0 Å². The molecule has 1 fully saturated rings. The first-order valence-electron chi connectivity index (χ1n) is 14.3. The second-order valence-corrected chi connectivity index (χ2v) is 14.0. The molecule has 1 saturated heterocycles. The van der Waals surface area contributed by atoms with E-state index in [1.54, 1.807) is 0 Å². The van der Waals surface area contributed by atoms with E-state index >= 15 is 0 Å². The molecule has 6 N–H and O–H groups in total. The van der Waals surface area contributed by atoms with Gasteiger partial charge in [-0.25, -0.2) is 13.7 Å². The maximum Gasteiger partial charge on any atom is 0.479 e. The molecule has 0 saturated carbocycles. The molecule has 0 aromatic carbocycles. The van der Waals surface area contributed by atoms with Crippen molar-refractivity contribution in [2.75, 3.05) is 18.5 Å². The van der Waals surface area contributed by atoms with E-state index in [2.05, 4.69) is 16.2 Å². The number of phosphoric acid groups is 1. The minimum absolute atomic E-state index is 0.0462. The summed E-state index contributed by atoms with van der Waals surface area (Å²) in [6, 6.07) is 1.29. The van der Waals surface area contributed by atoms with Crippen molar-refractivity contribution in [3.8, 4) is 0 Å². The topological polar surface area (TPSA) is 204 Å². The number of nitrogens with two attached hydrogens (primary N) is 1. The van der Waals surface area contributed by atoms with Gasteiger partial charge in [0.2, 0.25) is 0 Å². The van der Waals surface area contributed by atoms with Crippen LogP contribution in [-0.2, 0) is 22.7 Å². The molecule has 1 aromatic rings. The standard InChI is InChI=1S/C25H47N3O10P2/c1-2-3-4-5-6-7-8-9-10-11-12-13-14-15-18-39(32,33)38-40(34,35)36-19-20-22(29)23(30)24(37-20)28-17-16-21(26)27-25(28)31/h16-17,20,22-24,29-30H,2-15,18-19H2,1H3,(H,32,33)(H,34,35)(H2,26,27,31)/t20-,22+,23-,24-/m1/s1. The number of nitrogen functional groups attached to an aromatic ring is 1. The lowest BCUT2D eigenvalue weighted by Gasteiger charge is -2.19. The number of unbranched alkanes of at least 4 members (excludes halogenated alkanes) is 13. The van der Waals surface area contributed by atoms with Crippen LogP contribution in [0.4, 0.5) is 5.82 Å². The minimum atomic E-state index is -4.99. The summed E-state index contributed by atoms with van der Waals surface area (Å²) in [7, 11) is -9.41. The van der Waals surface area contributed by atoms with Crippen LogP contribution >= 0.6 is 15.4 Å². The molecule has 6 atom stereocenters. The average Bonchev–Trinajstić information content (AvgIpc) is 3.15. The van der Waals surface area contributed by atoms with Gasteiger partial charge in [0.25, 0.3) is 0 Å². The van der Waals surface area contributed by atoms with Crippen LogP contribution in [0.2, 0.25) is 0 Å². The Morgan fingerprint density at radius 2 is 1.45 bits per heavy atom. The zero-order chi connectivity index (χ0) is 29.6. The SMILES string of the molecule is CCCCCCCCCCCCCCCCP(=O)(O)OP(=O)(O)OC[C@H]1O[C@@H](n2ccc(N)nc2=O)[C@H](O)[C@H]1O. The van der Waals surface area contributed by atoms with Crippen molar-refractivity contribution in [3.63, 3.8) is 0 Å². The molecule has 0 spiro atoms. The summed E-state index contributed by atoms with van der Waals surface area (Å²) in [6.07, 6.45) is 10.7. The summed E-state index contributed by atoms with van der Waals surface area (Å²) in [4.78, 5) is 35.5. The van der Waals surface area contributed by atoms with Crippen molar-refractivity contribution >= 4 is 21.2 Å². The van der Waals surface area contributed by atoms with Crippen LogP contribution in [0.15, 0.2) is 17.1 Å². The molecule has 1 aliphatic rings. The van der Waals surface area contributed by atoms with Crippen molar-refractivity contribution in [2.24, 2.45) is 0 Å². The third-order valence-corrected chi connectivity index (χ3v) is 10.1. The van der Waals surface area contributed by atoms with E-state index in [0.29, 0.717) is 12.8 Å². The summed E-state index contributed by atoms with van der Waals surface area (Å²) in [5.41, 5.74) is 4.60. The highest BCUT2D eigenvalue weighted by molar-refractivity contribution is 7.64. The average molecular weight is 612 g/mol. The molecule has 1 aromatic heterocycles. The highest BCUT2D eigenvalue weighted by Gasteiger charge is 2.45. The molecule has 0 bridgehead atoms. The second-order valence-electron chi connectivity index (χ2n) is 10.4. The van der Waals surface area contributed by atoms with Crippen LogP contribution < -0.4 is 11.4 Å². The molecule has 1 aliphatic heterocycles. The number of anilines is 1. The third kappa shape index (κ3) is 12.8. The lowest BCUT2D eigenvalue weighted by Crippen LogP contribution is -2.36. The summed E-state index contributed by atoms with van der Waals surface area (Å²) in [6.45, 7) is 1.47. The van der Waals surface area contributed by atoms with Crippen LogP contribution in [-0.4, -0.2) is 60.6 Å². The maximum absolute atomic E-state index is 12.3. The number of ether oxygens (including phenoxy) is 1. The molecule has 40 heavy (non-hydrogen) atoms. The summed E-state index contributed by atoms with van der Waals surface area (Å²) in [5.74, 6) is -0.0462. The Labute approximate surface area is 236 Å². The fourth-order valence-electron chi connectivity index (χ4n) is 4.62. The molecular weight excluding hydrogens is 564 g/mol. The van der Waals surface area contributed by atoms with Crippen molar-refractivity contribution in [3.05, 3.63) is 22.7 Å². The van der Waals surface area contributed by atoms with Gasteiger partial charge >= 0.3 is 21.1 Å². The van der Waals surface area contributed by atoms with Crippen molar-refractivity contribution in [1.82, 2.24) is 9.55 Å². The van der Waals surface area contributed by atoms with Gasteiger partial charge in [-0.2, -0.15) is 4.98 Å². The molecule has 2 unspecified atom stereocenters. The van der Waals surface area contributed by atoms with Crippen molar-refractivity contribution in [2.45, 2.75) is 121 Å². The zero-order valence-corrected chi connectivity index (χ0v) is 25.2. The van der Waals surface area contributed by atoms with Crippen LogP contribution in [0.25, 0.3) is 0 Å². The lowest BCUT2D eigenvalue weighted by atomic mass is 10.0. The minimum Gasteiger partial charge on any atom is -0.387 e. The largest absolute Gasteiger partial charge is 0.479 e. The number of aromatic nitrogens is 2. The smallest absolute Gasteiger partial charge is 0.387 e. The lowest BCUT2D eigenvalue weighted by molar-refractivity contribution is -0.0540. The van der Waals surface area contributed by atoms with Gasteiger partial charge in [0, 0.05) is 6.20 Å². The van der Waals surface area contributed by atoms with Crippen LogP contribution in [0, 0.1) is 0 Å². The molecule has 2 rings (SSSR count). The molecular formula is C25H47N3O10P2. The fraction of sp³-hybridized carbons (Fsp3) is 0.840. The van der Waals surface area contributed by atoms with Crippen LogP contribution in [0.1, 0.15) is 103 Å². The highest BCUT2D eigenvalue weighted by atomic mass is 31.3. The Balaban J connectivity index is 1.62. The van der Waals surface area contributed by atoms with Crippen LogP contribution in [0.3, 0.4) is 0 Å². The quantitative estimate of drug-likeness (QED) is 0.0978. The van der Waals surface area contributed by atoms with E-state index in [1.807, 2.05) is 0 Å². The highest BCUT2D eigenvalue weighted by Crippen LogP contribution is 2.60. The number of nitrogens with zero attached hydrogens (tertiary/aromatic N) is 2.